The molecule has 0 spiro atoms. The predicted molar refractivity (Wildman–Crippen MR) is 84.3 cm³/mol. The van der Waals surface area contributed by atoms with Crippen LogP contribution in [0.2, 0.25) is 5.02 Å². The summed E-state index contributed by atoms with van der Waals surface area (Å²) in [4.78, 5) is 16.4. The first-order valence-corrected chi connectivity index (χ1v) is 6.90. The van der Waals surface area contributed by atoms with Crippen LogP contribution in [-0.2, 0) is 0 Å². The summed E-state index contributed by atoms with van der Waals surface area (Å²) in [6.45, 7) is 1.79. The topological polar surface area (TPSA) is 74.2 Å². The van der Waals surface area contributed by atoms with Crippen LogP contribution in [0.25, 0.3) is 11.3 Å². The number of halogens is 1. The Labute approximate surface area is 127 Å². The lowest BCUT2D eigenvalue weighted by molar-refractivity contribution is 0.0988. The molecule has 0 unspecified atom stereocenters. The number of rotatable bonds is 5. The summed E-state index contributed by atoms with van der Waals surface area (Å²) in [6.07, 6.45) is 1.86. The third-order valence-corrected chi connectivity index (χ3v) is 3.37. The molecule has 0 radical (unpaired) electrons. The zero-order valence-electron chi connectivity index (χ0n) is 11.8. The van der Waals surface area contributed by atoms with Gasteiger partial charge in [-0.25, -0.2) is 0 Å². The smallest absolute Gasteiger partial charge is 0.164 e. The molecule has 0 fully saturated rings. The summed E-state index contributed by atoms with van der Waals surface area (Å²) in [5.74, 6) is -0.0376. The van der Waals surface area contributed by atoms with Gasteiger partial charge in [0.1, 0.15) is 0 Å². The second kappa shape index (κ2) is 6.56. The van der Waals surface area contributed by atoms with Crippen molar-refractivity contribution in [3.05, 3.63) is 41.0 Å². The minimum atomic E-state index is -0.0376. The van der Waals surface area contributed by atoms with E-state index in [-0.39, 0.29) is 5.78 Å². The molecule has 2 rings (SSSR count). The maximum Gasteiger partial charge on any atom is 0.164 e. The van der Waals surface area contributed by atoms with Crippen molar-refractivity contribution >= 4 is 28.8 Å². The fraction of sp³-hybridized carbons (Fsp3) is 0.200. The van der Waals surface area contributed by atoms with Gasteiger partial charge in [0.25, 0.3) is 0 Å². The summed E-state index contributed by atoms with van der Waals surface area (Å²) in [5.41, 5.74) is 5.00. The van der Waals surface area contributed by atoms with Gasteiger partial charge in [-0.1, -0.05) is 30.7 Å². The number of ketones is 1. The third-order valence-electron chi connectivity index (χ3n) is 3.17. The number of para-hydroxylation sites is 1. The number of hydrogen-bond acceptors (Lipinski definition) is 5. The van der Waals surface area contributed by atoms with Gasteiger partial charge in [-0.2, -0.15) is 0 Å². The van der Waals surface area contributed by atoms with Gasteiger partial charge in [-0.15, -0.1) is 0 Å². The molecule has 0 aliphatic carbocycles. The monoisotopic (exact) mass is 305 g/mol. The molecule has 21 heavy (non-hydrogen) atoms. The molecule has 0 aliphatic heterocycles. The molecule has 110 valence electrons. The SMILES string of the molecule is CCC(=O)c1cc(Cl)cnc1-c1cccc(NO)c1NC. The number of hydrogen-bond donors (Lipinski definition) is 3. The number of Topliss-reactive ketones (excluding diaryl/α,β-unsaturated/α-hetero) is 1. The minimum Gasteiger partial charge on any atom is -0.386 e. The average molecular weight is 306 g/mol. The van der Waals surface area contributed by atoms with Crippen LogP contribution >= 0.6 is 11.6 Å². The average Bonchev–Trinajstić information content (AvgIpc) is 2.53. The molecule has 0 saturated heterocycles. The Kier molecular flexibility index (Phi) is 4.77. The molecule has 0 amide bonds. The lowest BCUT2D eigenvalue weighted by atomic mass is 9.99. The highest BCUT2D eigenvalue weighted by atomic mass is 35.5. The van der Waals surface area contributed by atoms with E-state index in [0.717, 1.165) is 0 Å². The molecule has 2 aromatic rings. The lowest BCUT2D eigenvalue weighted by Gasteiger charge is -2.15. The Bertz CT molecular complexity index is 674. The number of aromatic nitrogens is 1. The van der Waals surface area contributed by atoms with E-state index >= 15 is 0 Å². The minimum absolute atomic E-state index is 0.0376. The zero-order chi connectivity index (χ0) is 15.4. The van der Waals surface area contributed by atoms with Crippen LogP contribution in [0.15, 0.2) is 30.5 Å². The van der Waals surface area contributed by atoms with Crippen molar-refractivity contribution in [3.8, 4) is 11.3 Å². The summed E-state index contributed by atoms with van der Waals surface area (Å²) in [7, 11) is 1.73. The van der Waals surface area contributed by atoms with Crippen molar-refractivity contribution < 1.29 is 10.0 Å². The molecule has 5 nitrogen and oxygen atoms in total. The van der Waals surface area contributed by atoms with Crippen molar-refractivity contribution in [1.82, 2.24) is 4.98 Å². The van der Waals surface area contributed by atoms with Gasteiger partial charge < -0.3 is 5.32 Å². The number of carbonyl (C=O) groups is 1. The summed E-state index contributed by atoms with van der Waals surface area (Å²) >= 11 is 5.95. The highest BCUT2D eigenvalue weighted by Crippen LogP contribution is 2.35. The third kappa shape index (κ3) is 2.99. The molecule has 0 saturated carbocycles. The van der Waals surface area contributed by atoms with Gasteiger partial charge in [-0.05, 0) is 12.1 Å². The van der Waals surface area contributed by atoms with E-state index in [1.54, 1.807) is 32.2 Å². The second-order valence-electron chi connectivity index (χ2n) is 4.42. The van der Waals surface area contributed by atoms with Gasteiger partial charge in [-0.3, -0.25) is 20.5 Å². The quantitative estimate of drug-likeness (QED) is 0.578. The van der Waals surface area contributed by atoms with Crippen LogP contribution < -0.4 is 10.8 Å². The number of anilines is 2. The molecule has 0 bridgehead atoms. The summed E-state index contributed by atoms with van der Waals surface area (Å²) < 4.78 is 0. The Hall–Kier alpha value is -2.11. The maximum absolute atomic E-state index is 12.1. The number of nitrogens with zero attached hydrogens (tertiary/aromatic N) is 1. The van der Waals surface area contributed by atoms with Gasteiger partial charge in [0, 0.05) is 30.8 Å². The van der Waals surface area contributed by atoms with Crippen molar-refractivity contribution in [1.29, 1.82) is 0 Å². The predicted octanol–water partition coefficient (Wildman–Crippen LogP) is 3.84. The number of pyridine rings is 1. The number of carbonyl (C=O) groups excluding carboxylic acids is 1. The van der Waals surface area contributed by atoms with Crippen LogP contribution in [0.5, 0.6) is 0 Å². The van der Waals surface area contributed by atoms with Crippen molar-refractivity contribution in [2.45, 2.75) is 13.3 Å². The Morgan fingerprint density at radius 1 is 1.43 bits per heavy atom. The van der Waals surface area contributed by atoms with Crippen LogP contribution in [0.4, 0.5) is 11.4 Å². The fourth-order valence-electron chi connectivity index (χ4n) is 2.17. The first-order valence-electron chi connectivity index (χ1n) is 6.52. The largest absolute Gasteiger partial charge is 0.386 e. The van der Waals surface area contributed by atoms with Gasteiger partial charge >= 0.3 is 0 Å². The van der Waals surface area contributed by atoms with E-state index in [2.05, 4.69) is 15.8 Å². The fourth-order valence-corrected chi connectivity index (χ4v) is 2.33. The molecular weight excluding hydrogens is 290 g/mol. The van der Waals surface area contributed by atoms with E-state index in [9.17, 15) is 10.0 Å². The van der Waals surface area contributed by atoms with Gasteiger partial charge in [0.2, 0.25) is 0 Å². The Morgan fingerprint density at radius 3 is 2.81 bits per heavy atom. The van der Waals surface area contributed by atoms with E-state index in [0.29, 0.717) is 39.6 Å². The van der Waals surface area contributed by atoms with Gasteiger partial charge in [0.05, 0.1) is 22.1 Å². The molecule has 0 aliphatic rings. The molecule has 1 heterocycles. The molecular formula is C15H16ClN3O2. The molecule has 1 aromatic carbocycles. The standard InChI is InChI=1S/C15H16ClN3O2/c1-3-13(20)11-7-9(16)8-18-14(11)10-5-4-6-12(19-21)15(10)17-2/h4-8,17,19,21H,3H2,1-2H3. The van der Waals surface area contributed by atoms with Gasteiger partial charge in [0.15, 0.2) is 5.78 Å². The maximum atomic E-state index is 12.1. The van der Waals surface area contributed by atoms with E-state index in [1.165, 1.54) is 6.20 Å². The number of nitrogens with one attached hydrogen (secondary N) is 2. The second-order valence-corrected chi connectivity index (χ2v) is 4.85. The van der Waals surface area contributed by atoms with Crippen molar-refractivity contribution in [2.75, 3.05) is 17.8 Å². The highest BCUT2D eigenvalue weighted by molar-refractivity contribution is 6.31. The number of benzene rings is 1. The Morgan fingerprint density at radius 2 is 2.19 bits per heavy atom. The summed E-state index contributed by atoms with van der Waals surface area (Å²) in [5, 5.41) is 12.6. The summed E-state index contributed by atoms with van der Waals surface area (Å²) in [6, 6.07) is 6.93. The first-order chi connectivity index (χ1) is 10.1. The highest BCUT2D eigenvalue weighted by Gasteiger charge is 2.17. The van der Waals surface area contributed by atoms with Crippen LogP contribution in [-0.4, -0.2) is 23.0 Å². The van der Waals surface area contributed by atoms with E-state index in [1.807, 2.05) is 6.07 Å². The molecule has 3 N–H and O–H groups in total. The van der Waals surface area contributed by atoms with Crippen molar-refractivity contribution in [2.24, 2.45) is 0 Å². The lowest BCUT2D eigenvalue weighted by Crippen LogP contribution is -2.05. The zero-order valence-corrected chi connectivity index (χ0v) is 12.5. The molecule has 0 atom stereocenters. The van der Waals surface area contributed by atoms with E-state index < -0.39 is 0 Å². The molecule has 6 heteroatoms. The molecule has 1 aromatic heterocycles. The van der Waals surface area contributed by atoms with Crippen LogP contribution in [0.1, 0.15) is 23.7 Å². The van der Waals surface area contributed by atoms with Crippen LogP contribution in [0.3, 0.4) is 0 Å². The first kappa shape index (κ1) is 15.3. The van der Waals surface area contributed by atoms with E-state index in [4.69, 9.17) is 11.6 Å². The van der Waals surface area contributed by atoms with Crippen molar-refractivity contribution in [3.63, 3.8) is 0 Å². The normalized spacial score (nSPS) is 10.3. The van der Waals surface area contributed by atoms with Crippen LogP contribution in [0, 0.1) is 0 Å². The Balaban J connectivity index is 2.70.